The lowest BCUT2D eigenvalue weighted by atomic mass is 9.47. The Labute approximate surface area is 152 Å². The topological polar surface area (TPSA) is 57.5 Å². The molecular formula is C20H26ClFO3. The quantitative estimate of drug-likeness (QED) is 0.689. The molecule has 0 amide bonds. The molecule has 138 valence electrons. The summed E-state index contributed by atoms with van der Waals surface area (Å²) >= 11 is 6.21. The minimum atomic E-state index is -1.28. The molecule has 5 heteroatoms. The molecule has 0 heterocycles. The van der Waals surface area contributed by atoms with E-state index in [4.69, 9.17) is 11.6 Å². The summed E-state index contributed by atoms with van der Waals surface area (Å²) in [6, 6.07) is 0. The van der Waals surface area contributed by atoms with Crippen LogP contribution in [0.3, 0.4) is 0 Å². The third kappa shape index (κ3) is 2.14. The van der Waals surface area contributed by atoms with Crippen LogP contribution in [0.4, 0.5) is 4.39 Å². The number of ketones is 1. The van der Waals surface area contributed by atoms with Crippen LogP contribution in [-0.4, -0.2) is 34.4 Å². The lowest BCUT2D eigenvalue weighted by Gasteiger charge is -2.59. The van der Waals surface area contributed by atoms with Crippen molar-refractivity contribution < 1.29 is 19.4 Å². The number of rotatable bonds is 0. The van der Waals surface area contributed by atoms with Crippen LogP contribution in [0, 0.1) is 34.5 Å². The second kappa shape index (κ2) is 5.40. The lowest BCUT2D eigenvalue weighted by Crippen LogP contribution is -2.58. The normalized spacial score (nSPS) is 55.0. The highest BCUT2D eigenvalue weighted by Gasteiger charge is 2.64. The number of alkyl halides is 1. The van der Waals surface area contributed by atoms with Gasteiger partial charge in [-0.15, -0.1) is 0 Å². The molecule has 0 bridgehead atoms. The molecule has 3 saturated carbocycles. The average Bonchev–Trinajstić information content (AvgIpc) is 2.75. The molecule has 0 aromatic rings. The Hall–Kier alpha value is -0.710. The highest BCUT2D eigenvalue weighted by molar-refractivity contribution is 6.45. The second-order valence-electron chi connectivity index (χ2n) is 9.14. The van der Waals surface area contributed by atoms with Gasteiger partial charge in [-0.05, 0) is 54.1 Å². The summed E-state index contributed by atoms with van der Waals surface area (Å²) in [5, 5.41) is 21.7. The zero-order valence-electron chi connectivity index (χ0n) is 14.9. The molecule has 3 nitrogen and oxygen atoms in total. The van der Waals surface area contributed by atoms with Crippen molar-refractivity contribution in [2.45, 2.75) is 58.4 Å². The molecule has 0 spiro atoms. The zero-order chi connectivity index (χ0) is 18.3. The number of hydrogen-bond donors (Lipinski definition) is 2. The zero-order valence-corrected chi connectivity index (χ0v) is 15.6. The van der Waals surface area contributed by atoms with Crippen LogP contribution < -0.4 is 0 Å². The SMILES string of the molecule is C[C@H]1C[C@H]2[C@@H]3C[C@H](F)C4=C(Cl)C(=O)C=C[C@]4(C)[C@H]3[C@@H](O)C[C@]2(C)[C@@H]1O. The first-order valence-electron chi connectivity index (χ1n) is 9.25. The maximum Gasteiger partial charge on any atom is 0.196 e. The fourth-order valence-electron chi connectivity index (χ4n) is 6.78. The van der Waals surface area contributed by atoms with E-state index >= 15 is 4.39 Å². The van der Waals surface area contributed by atoms with Crippen molar-refractivity contribution in [3.8, 4) is 0 Å². The molecule has 4 aliphatic rings. The fraction of sp³-hybridized carbons (Fsp3) is 0.750. The molecule has 4 aliphatic carbocycles. The third-order valence-electron chi connectivity index (χ3n) is 7.83. The van der Waals surface area contributed by atoms with E-state index in [9.17, 15) is 15.0 Å². The fourth-order valence-corrected chi connectivity index (χ4v) is 7.16. The van der Waals surface area contributed by atoms with Gasteiger partial charge in [0, 0.05) is 11.3 Å². The van der Waals surface area contributed by atoms with Gasteiger partial charge in [0.25, 0.3) is 0 Å². The Morgan fingerprint density at radius 3 is 2.64 bits per heavy atom. The number of hydrogen-bond acceptors (Lipinski definition) is 3. The maximum atomic E-state index is 15.2. The van der Waals surface area contributed by atoms with Gasteiger partial charge < -0.3 is 10.2 Å². The molecule has 25 heavy (non-hydrogen) atoms. The van der Waals surface area contributed by atoms with Crippen molar-refractivity contribution in [1.82, 2.24) is 0 Å². The van der Waals surface area contributed by atoms with Gasteiger partial charge in [-0.2, -0.15) is 0 Å². The first-order valence-corrected chi connectivity index (χ1v) is 9.63. The summed E-state index contributed by atoms with van der Waals surface area (Å²) in [7, 11) is 0. The summed E-state index contributed by atoms with van der Waals surface area (Å²) in [5.41, 5.74) is -0.780. The van der Waals surface area contributed by atoms with E-state index in [0.717, 1.165) is 6.42 Å². The minimum absolute atomic E-state index is 0.0173. The van der Waals surface area contributed by atoms with Crippen molar-refractivity contribution >= 4 is 17.4 Å². The number of allylic oxidation sites excluding steroid dienone is 4. The Bertz CT molecular complexity index is 688. The highest BCUT2D eigenvalue weighted by Crippen LogP contribution is 2.66. The van der Waals surface area contributed by atoms with Crippen molar-refractivity contribution in [3.05, 3.63) is 22.8 Å². The largest absolute Gasteiger partial charge is 0.393 e. The number of carbonyl (C=O) groups excluding carboxylic acids is 1. The summed E-state index contributed by atoms with van der Waals surface area (Å²) in [6.07, 6.45) is 2.39. The van der Waals surface area contributed by atoms with Crippen LogP contribution in [-0.2, 0) is 4.79 Å². The van der Waals surface area contributed by atoms with Crippen LogP contribution in [0.1, 0.15) is 40.0 Å². The first kappa shape index (κ1) is 17.7. The third-order valence-corrected chi connectivity index (χ3v) is 8.22. The van der Waals surface area contributed by atoms with Gasteiger partial charge in [0.1, 0.15) is 6.17 Å². The second-order valence-corrected chi connectivity index (χ2v) is 9.52. The van der Waals surface area contributed by atoms with Crippen LogP contribution >= 0.6 is 11.6 Å². The summed E-state index contributed by atoms with van der Waals surface area (Å²) in [6.45, 7) is 5.98. The minimum Gasteiger partial charge on any atom is -0.393 e. The van der Waals surface area contributed by atoms with Gasteiger partial charge in [0.05, 0.1) is 17.2 Å². The summed E-state index contributed by atoms with van der Waals surface area (Å²) in [4.78, 5) is 12.0. The summed E-state index contributed by atoms with van der Waals surface area (Å²) in [5.74, 6) is -0.235. The van der Waals surface area contributed by atoms with E-state index < -0.39 is 23.8 Å². The predicted octanol–water partition coefficient (Wildman–Crippen LogP) is 3.39. The number of fused-ring (bicyclic) bond motifs is 5. The Kier molecular flexibility index (Phi) is 3.82. The molecule has 9 atom stereocenters. The monoisotopic (exact) mass is 368 g/mol. The molecule has 3 fully saturated rings. The van der Waals surface area contributed by atoms with E-state index in [0.29, 0.717) is 12.0 Å². The lowest BCUT2D eigenvalue weighted by molar-refractivity contribution is -0.138. The summed E-state index contributed by atoms with van der Waals surface area (Å²) < 4.78 is 15.2. The molecular weight excluding hydrogens is 343 g/mol. The van der Waals surface area contributed by atoms with Crippen LogP contribution in [0.15, 0.2) is 22.8 Å². The Morgan fingerprint density at radius 1 is 1.28 bits per heavy atom. The first-order chi connectivity index (χ1) is 11.6. The predicted molar refractivity (Wildman–Crippen MR) is 93.6 cm³/mol. The van der Waals surface area contributed by atoms with Crippen molar-refractivity contribution in [2.24, 2.45) is 34.5 Å². The Balaban J connectivity index is 1.82. The van der Waals surface area contributed by atoms with Gasteiger partial charge in [-0.3, -0.25) is 4.79 Å². The van der Waals surface area contributed by atoms with Crippen LogP contribution in [0.25, 0.3) is 0 Å². The highest BCUT2D eigenvalue weighted by atomic mass is 35.5. The molecule has 2 N–H and O–H groups in total. The van der Waals surface area contributed by atoms with Gasteiger partial charge in [0.15, 0.2) is 5.78 Å². The molecule has 0 saturated heterocycles. The van der Waals surface area contributed by atoms with E-state index in [-0.39, 0.29) is 46.3 Å². The van der Waals surface area contributed by atoms with Gasteiger partial charge >= 0.3 is 0 Å². The molecule has 0 unspecified atom stereocenters. The molecule has 4 rings (SSSR count). The van der Waals surface area contributed by atoms with Gasteiger partial charge in [-0.25, -0.2) is 4.39 Å². The smallest absolute Gasteiger partial charge is 0.196 e. The van der Waals surface area contributed by atoms with Crippen LogP contribution in [0.5, 0.6) is 0 Å². The van der Waals surface area contributed by atoms with E-state index in [1.807, 2.05) is 20.8 Å². The molecule has 0 radical (unpaired) electrons. The average molecular weight is 369 g/mol. The van der Waals surface area contributed by atoms with Gasteiger partial charge in [0.2, 0.25) is 0 Å². The standard InChI is InChI=1S/C20H26ClFO3/c1-9-6-11-10-7-12(22)16-17(21)13(23)4-5-19(16,2)15(10)14(24)8-20(11,3)18(9)25/h4-5,9-12,14-15,18,24-25H,6-8H2,1-3H3/t9-,10-,11-,12-,14-,15+,18+,19+,20-/m0/s1. The van der Waals surface area contributed by atoms with Crippen molar-refractivity contribution in [2.75, 3.05) is 0 Å². The van der Waals surface area contributed by atoms with E-state index in [1.165, 1.54) is 6.08 Å². The van der Waals surface area contributed by atoms with E-state index in [1.54, 1.807) is 6.08 Å². The molecule has 0 aliphatic heterocycles. The van der Waals surface area contributed by atoms with E-state index in [2.05, 4.69) is 0 Å². The van der Waals surface area contributed by atoms with Crippen molar-refractivity contribution in [1.29, 1.82) is 0 Å². The number of carbonyl (C=O) groups is 1. The van der Waals surface area contributed by atoms with Gasteiger partial charge in [-0.1, -0.05) is 38.4 Å². The molecule has 0 aromatic carbocycles. The number of aliphatic hydroxyl groups excluding tert-OH is 2. The molecule has 0 aromatic heterocycles. The maximum absolute atomic E-state index is 15.2. The van der Waals surface area contributed by atoms with Crippen molar-refractivity contribution in [3.63, 3.8) is 0 Å². The number of halogens is 2. The van der Waals surface area contributed by atoms with Crippen LogP contribution in [0.2, 0.25) is 0 Å². The number of aliphatic hydroxyl groups is 2. The Morgan fingerprint density at radius 2 is 1.96 bits per heavy atom.